The van der Waals surface area contributed by atoms with E-state index < -0.39 is 35.5 Å². The number of hydrogen-bond acceptors (Lipinski definition) is 7. The normalized spacial score (nSPS) is 12.7. The number of unbranched alkanes of at least 4 members (excludes halogenated alkanes) is 1. The largest absolute Gasteiger partial charge is 0.445 e. The molecule has 0 aliphatic heterocycles. The van der Waals surface area contributed by atoms with E-state index in [4.69, 9.17) is 9.47 Å². The lowest BCUT2D eigenvalue weighted by atomic mass is 9.91. The van der Waals surface area contributed by atoms with Crippen LogP contribution in [0.15, 0.2) is 84.9 Å². The van der Waals surface area contributed by atoms with Crippen molar-refractivity contribution in [2.24, 2.45) is 0 Å². The smallest absolute Gasteiger partial charge is 0.408 e. The summed E-state index contributed by atoms with van der Waals surface area (Å²) in [7, 11) is 0. The van der Waals surface area contributed by atoms with Crippen molar-refractivity contribution in [1.29, 1.82) is 0 Å². The first-order valence-corrected chi connectivity index (χ1v) is 15.5. The number of amides is 3. The minimum atomic E-state index is -1.38. The molecule has 10 nitrogen and oxygen atoms in total. The number of carbonyl (C=O) groups excluding carboxylic acids is 4. The Balaban J connectivity index is 1.67. The Morgan fingerprint density at radius 2 is 1.41 bits per heavy atom. The molecule has 0 bridgehead atoms. The fourth-order valence-corrected chi connectivity index (χ4v) is 4.62. The zero-order chi connectivity index (χ0) is 33.0. The monoisotopic (exact) mass is 634 g/mol. The number of ether oxygens (including phenoxy) is 2. The van der Waals surface area contributed by atoms with E-state index in [9.17, 15) is 23.6 Å². The molecule has 11 heteroatoms. The average molecular weight is 635 g/mol. The molecule has 46 heavy (non-hydrogen) atoms. The van der Waals surface area contributed by atoms with Crippen molar-refractivity contribution in [3.8, 4) is 0 Å². The van der Waals surface area contributed by atoms with Crippen LogP contribution >= 0.6 is 0 Å². The second-order valence-electron chi connectivity index (χ2n) is 11.0. The van der Waals surface area contributed by atoms with Crippen molar-refractivity contribution in [2.45, 2.75) is 63.8 Å². The summed E-state index contributed by atoms with van der Waals surface area (Å²) in [6.07, 6.45) is 1.59. The van der Waals surface area contributed by atoms with Crippen molar-refractivity contribution < 1.29 is 33.0 Å². The van der Waals surface area contributed by atoms with E-state index in [1.165, 1.54) is 12.1 Å². The SMILES string of the molecule is CCCCNC[C@@](C=O)(Cc1ccc(F)cc1)NC(=O)[C@@H](CCCNC(=O)OCc1ccccc1)NC(=O)OCc1ccccc1. The third-order valence-electron chi connectivity index (χ3n) is 7.15. The molecule has 0 radical (unpaired) electrons. The fraction of sp³-hybridized carbons (Fsp3) is 0.371. The highest BCUT2D eigenvalue weighted by Gasteiger charge is 2.35. The van der Waals surface area contributed by atoms with Gasteiger partial charge in [0.1, 0.15) is 36.9 Å². The van der Waals surface area contributed by atoms with E-state index in [1.807, 2.05) is 55.5 Å². The molecule has 0 spiro atoms. The molecule has 0 saturated heterocycles. The van der Waals surface area contributed by atoms with Crippen molar-refractivity contribution in [3.05, 3.63) is 107 Å². The predicted octanol–water partition coefficient (Wildman–Crippen LogP) is 4.81. The zero-order valence-electron chi connectivity index (χ0n) is 26.1. The molecule has 0 aliphatic carbocycles. The molecule has 246 valence electrons. The minimum absolute atomic E-state index is 0.0000134. The number of aldehydes is 1. The number of alkyl carbamates (subject to hydrolysis) is 2. The maximum absolute atomic E-state index is 13.7. The molecule has 0 fully saturated rings. The standard InChI is InChI=1S/C35H43FN4O6/c1-2-3-20-37-25-35(26-41,22-27-16-18-30(36)19-17-27)40-32(42)31(39-34(44)46-24-29-13-8-5-9-14-29)15-10-21-38-33(43)45-23-28-11-6-4-7-12-28/h4-9,11-14,16-19,26,31,37H,2-3,10,15,20-25H2,1H3,(H,38,43)(H,39,44)(H,40,42)/t31-,35-/m1/s1. The Kier molecular flexibility index (Phi) is 15.2. The zero-order valence-corrected chi connectivity index (χ0v) is 26.1. The molecule has 0 aromatic heterocycles. The van der Waals surface area contributed by atoms with Crippen LogP contribution in [0.4, 0.5) is 14.0 Å². The van der Waals surface area contributed by atoms with Gasteiger partial charge in [-0.1, -0.05) is 86.1 Å². The molecule has 3 amide bonds. The highest BCUT2D eigenvalue weighted by molar-refractivity contribution is 5.89. The molecule has 0 saturated carbocycles. The summed E-state index contributed by atoms with van der Waals surface area (Å²) < 4.78 is 24.2. The Morgan fingerprint density at radius 1 is 0.804 bits per heavy atom. The number of halogens is 1. The lowest BCUT2D eigenvalue weighted by Gasteiger charge is -2.32. The lowest BCUT2D eigenvalue weighted by molar-refractivity contribution is -0.128. The van der Waals surface area contributed by atoms with Crippen LogP contribution in [0.3, 0.4) is 0 Å². The van der Waals surface area contributed by atoms with Gasteiger partial charge in [-0.2, -0.15) is 0 Å². The van der Waals surface area contributed by atoms with Gasteiger partial charge in [0.05, 0.1) is 0 Å². The van der Waals surface area contributed by atoms with E-state index in [-0.39, 0.29) is 39.1 Å². The van der Waals surface area contributed by atoms with Gasteiger partial charge < -0.3 is 35.5 Å². The van der Waals surface area contributed by atoms with E-state index in [2.05, 4.69) is 21.3 Å². The Morgan fingerprint density at radius 3 is 2.00 bits per heavy atom. The fourth-order valence-electron chi connectivity index (χ4n) is 4.62. The first kappa shape index (κ1) is 35.7. The summed E-state index contributed by atoms with van der Waals surface area (Å²) in [4.78, 5) is 51.3. The summed E-state index contributed by atoms with van der Waals surface area (Å²) in [5, 5.41) is 11.3. The minimum Gasteiger partial charge on any atom is -0.445 e. The van der Waals surface area contributed by atoms with Gasteiger partial charge in [-0.05, 0) is 54.6 Å². The molecule has 3 rings (SSSR count). The van der Waals surface area contributed by atoms with Crippen molar-refractivity contribution in [3.63, 3.8) is 0 Å². The molecule has 3 aromatic rings. The van der Waals surface area contributed by atoms with E-state index in [0.717, 1.165) is 24.0 Å². The first-order valence-electron chi connectivity index (χ1n) is 15.5. The first-order chi connectivity index (χ1) is 22.3. The van der Waals surface area contributed by atoms with Gasteiger partial charge in [0.25, 0.3) is 0 Å². The van der Waals surface area contributed by atoms with Gasteiger partial charge in [-0.3, -0.25) is 4.79 Å². The lowest BCUT2D eigenvalue weighted by Crippen LogP contribution is -2.61. The molecule has 3 aromatic carbocycles. The molecule has 0 unspecified atom stereocenters. The highest BCUT2D eigenvalue weighted by atomic mass is 19.1. The topological polar surface area (TPSA) is 135 Å². The van der Waals surface area contributed by atoms with Gasteiger partial charge in [-0.25, -0.2) is 14.0 Å². The van der Waals surface area contributed by atoms with Crippen LogP contribution in [0.25, 0.3) is 0 Å². The summed E-state index contributed by atoms with van der Waals surface area (Å²) >= 11 is 0. The quantitative estimate of drug-likeness (QED) is 0.110. The number of rotatable bonds is 19. The Bertz CT molecular complexity index is 1360. The van der Waals surface area contributed by atoms with E-state index >= 15 is 0 Å². The van der Waals surface area contributed by atoms with Gasteiger partial charge >= 0.3 is 12.2 Å². The van der Waals surface area contributed by atoms with Crippen molar-refractivity contribution in [2.75, 3.05) is 19.6 Å². The summed E-state index contributed by atoms with van der Waals surface area (Å²) in [5.41, 5.74) is 0.886. The maximum Gasteiger partial charge on any atom is 0.408 e. The van der Waals surface area contributed by atoms with Gasteiger partial charge in [-0.15, -0.1) is 0 Å². The van der Waals surface area contributed by atoms with Gasteiger partial charge in [0, 0.05) is 19.5 Å². The third kappa shape index (κ3) is 13.1. The van der Waals surface area contributed by atoms with Crippen molar-refractivity contribution >= 4 is 24.4 Å². The molecule has 2 atom stereocenters. The van der Waals surface area contributed by atoms with Crippen LogP contribution in [-0.4, -0.2) is 55.6 Å². The van der Waals surface area contributed by atoms with Crippen LogP contribution in [0, 0.1) is 5.82 Å². The van der Waals surface area contributed by atoms with Crippen LogP contribution in [0.5, 0.6) is 0 Å². The van der Waals surface area contributed by atoms with Gasteiger partial charge in [0.2, 0.25) is 5.91 Å². The van der Waals surface area contributed by atoms with Crippen LogP contribution in [0.2, 0.25) is 0 Å². The summed E-state index contributed by atoms with van der Waals surface area (Å²) in [6.45, 7) is 3.08. The van der Waals surface area contributed by atoms with Crippen molar-refractivity contribution in [1.82, 2.24) is 21.3 Å². The number of benzene rings is 3. The Labute approximate surface area is 269 Å². The predicted molar refractivity (Wildman–Crippen MR) is 172 cm³/mol. The van der Waals surface area contributed by atoms with Crippen LogP contribution < -0.4 is 21.3 Å². The van der Waals surface area contributed by atoms with Gasteiger partial charge in [0.15, 0.2) is 0 Å². The maximum atomic E-state index is 13.7. The molecule has 4 N–H and O–H groups in total. The van der Waals surface area contributed by atoms with Crippen LogP contribution in [0.1, 0.15) is 49.3 Å². The molecule has 0 heterocycles. The van der Waals surface area contributed by atoms with E-state index in [1.54, 1.807) is 24.3 Å². The third-order valence-corrected chi connectivity index (χ3v) is 7.15. The molecule has 0 aliphatic rings. The average Bonchev–Trinajstić information content (AvgIpc) is 3.08. The Hall–Kier alpha value is -4.77. The van der Waals surface area contributed by atoms with Crippen LogP contribution in [-0.2, 0) is 38.7 Å². The second kappa shape index (κ2) is 19.6. The number of hydrogen-bond donors (Lipinski definition) is 4. The summed E-state index contributed by atoms with van der Waals surface area (Å²) in [5.74, 6) is -1.02. The molecular weight excluding hydrogens is 591 g/mol. The number of nitrogens with one attached hydrogen (secondary N) is 4. The summed E-state index contributed by atoms with van der Waals surface area (Å²) in [6, 6.07) is 23.0. The number of carbonyl (C=O) groups is 4. The second-order valence-corrected chi connectivity index (χ2v) is 11.0. The molecular formula is C35H43FN4O6. The van der Waals surface area contributed by atoms with E-state index in [0.29, 0.717) is 24.8 Å². The highest BCUT2D eigenvalue weighted by Crippen LogP contribution is 2.14.